The molecule has 0 spiro atoms. The van der Waals surface area contributed by atoms with E-state index in [9.17, 15) is 0 Å². The number of hydrogen-bond donors (Lipinski definition) is 1. The van der Waals surface area contributed by atoms with E-state index in [1.807, 2.05) is 19.9 Å². The lowest BCUT2D eigenvalue weighted by atomic mass is 10.2. The Morgan fingerprint density at radius 1 is 1.42 bits per heavy atom. The normalized spacial score (nSPS) is 12.0. The molecule has 0 saturated carbocycles. The van der Waals surface area contributed by atoms with Gasteiger partial charge in [0.15, 0.2) is 11.5 Å². The highest BCUT2D eigenvalue weighted by Gasteiger charge is 2.13. The molecule has 106 valence electrons. The van der Waals surface area contributed by atoms with Gasteiger partial charge in [-0.1, -0.05) is 19.6 Å². The molecule has 0 aliphatic heterocycles. The quantitative estimate of drug-likeness (QED) is 0.734. The lowest BCUT2D eigenvalue weighted by molar-refractivity contribution is 0.243. The molecule has 1 N–H and O–H groups in total. The molecule has 0 radical (unpaired) electrons. The topological polar surface area (TPSA) is 30.5 Å². The molecule has 0 heterocycles. The number of rotatable bonds is 8. The first-order chi connectivity index (χ1) is 9.12. The molecule has 0 aliphatic rings. The number of benzene rings is 1. The molecule has 1 aromatic rings. The number of ether oxygens (including phenoxy) is 2. The molecule has 0 bridgehead atoms. The van der Waals surface area contributed by atoms with E-state index in [0.717, 1.165) is 34.6 Å². The molecule has 0 fully saturated rings. The highest BCUT2D eigenvalue weighted by atomic mass is 79.9. The fraction of sp³-hybridized carbons (Fsp3) is 0.467. The van der Waals surface area contributed by atoms with Crippen LogP contribution in [0, 0.1) is 0 Å². The minimum Gasteiger partial charge on any atom is -0.490 e. The zero-order valence-corrected chi connectivity index (χ0v) is 13.4. The SMILES string of the molecule is C=CC(C)Oc1c(Br)cc(CNCC)cc1OCC. The van der Waals surface area contributed by atoms with Gasteiger partial charge in [-0.2, -0.15) is 0 Å². The summed E-state index contributed by atoms with van der Waals surface area (Å²) in [6, 6.07) is 4.07. The summed E-state index contributed by atoms with van der Waals surface area (Å²) >= 11 is 3.55. The summed E-state index contributed by atoms with van der Waals surface area (Å²) in [5.41, 5.74) is 1.16. The molecule has 0 saturated heterocycles. The molecule has 0 amide bonds. The van der Waals surface area contributed by atoms with E-state index in [1.54, 1.807) is 6.08 Å². The summed E-state index contributed by atoms with van der Waals surface area (Å²) < 4.78 is 12.4. The molecule has 0 aromatic heterocycles. The van der Waals surface area contributed by atoms with E-state index < -0.39 is 0 Å². The van der Waals surface area contributed by atoms with Crippen LogP contribution in [0.1, 0.15) is 26.3 Å². The Labute approximate surface area is 124 Å². The molecular weight excluding hydrogens is 306 g/mol. The number of nitrogens with one attached hydrogen (secondary N) is 1. The molecule has 1 aromatic carbocycles. The monoisotopic (exact) mass is 327 g/mol. The maximum absolute atomic E-state index is 5.83. The highest BCUT2D eigenvalue weighted by molar-refractivity contribution is 9.10. The standard InChI is InChI=1S/C15H22BrNO2/c1-5-11(4)19-15-13(16)8-12(10-17-6-2)9-14(15)18-7-3/h5,8-9,11,17H,1,6-7,10H2,2-4H3. The largest absolute Gasteiger partial charge is 0.490 e. The van der Waals surface area contributed by atoms with Crippen molar-refractivity contribution in [2.45, 2.75) is 33.4 Å². The summed E-state index contributed by atoms with van der Waals surface area (Å²) in [7, 11) is 0. The second kappa shape index (κ2) is 8.23. The zero-order chi connectivity index (χ0) is 14.3. The minimum atomic E-state index is -0.0601. The van der Waals surface area contributed by atoms with Gasteiger partial charge in [-0.25, -0.2) is 0 Å². The van der Waals surface area contributed by atoms with Crippen LogP contribution < -0.4 is 14.8 Å². The van der Waals surface area contributed by atoms with Crippen LogP contribution in [-0.2, 0) is 6.54 Å². The van der Waals surface area contributed by atoms with E-state index in [2.05, 4.69) is 40.8 Å². The van der Waals surface area contributed by atoms with Crippen molar-refractivity contribution in [3.05, 3.63) is 34.8 Å². The first-order valence-corrected chi connectivity index (χ1v) is 7.36. The first kappa shape index (κ1) is 16.1. The zero-order valence-electron chi connectivity index (χ0n) is 11.8. The molecular formula is C15H22BrNO2. The lowest BCUT2D eigenvalue weighted by Crippen LogP contribution is -2.13. The predicted octanol–water partition coefficient (Wildman–Crippen LogP) is 3.91. The second-order valence-corrected chi connectivity index (χ2v) is 5.03. The fourth-order valence-corrected chi connectivity index (χ4v) is 2.19. The summed E-state index contributed by atoms with van der Waals surface area (Å²) in [5.74, 6) is 1.49. The fourth-order valence-electron chi connectivity index (χ4n) is 1.60. The van der Waals surface area contributed by atoms with Crippen molar-refractivity contribution in [1.29, 1.82) is 0 Å². The Morgan fingerprint density at radius 2 is 2.16 bits per heavy atom. The van der Waals surface area contributed by atoms with Crippen molar-refractivity contribution >= 4 is 15.9 Å². The molecule has 4 heteroatoms. The summed E-state index contributed by atoms with van der Waals surface area (Å²) in [6.45, 7) is 12.1. The van der Waals surface area contributed by atoms with Crippen molar-refractivity contribution in [3.63, 3.8) is 0 Å². The average molecular weight is 328 g/mol. The van der Waals surface area contributed by atoms with E-state index in [0.29, 0.717) is 6.61 Å². The van der Waals surface area contributed by atoms with Crippen molar-refractivity contribution in [3.8, 4) is 11.5 Å². The van der Waals surface area contributed by atoms with Crippen LogP contribution in [-0.4, -0.2) is 19.3 Å². The smallest absolute Gasteiger partial charge is 0.176 e. The average Bonchev–Trinajstić information content (AvgIpc) is 2.40. The van der Waals surface area contributed by atoms with Gasteiger partial charge >= 0.3 is 0 Å². The summed E-state index contributed by atoms with van der Waals surface area (Å²) in [4.78, 5) is 0. The van der Waals surface area contributed by atoms with Crippen molar-refractivity contribution in [2.75, 3.05) is 13.2 Å². The van der Waals surface area contributed by atoms with Crippen LogP contribution in [0.3, 0.4) is 0 Å². The third-order valence-electron chi connectivity index (χ3n) is 2.58. The Morgan fingerprint density at radius 3 is 2.74 bits per heavy atom. The van der Waals surface area contributed by atoms with Gasteiger partial charge in [-0.15, -0.1) is 0 Å². The number of halogens is 1. The molecule has 1 unspecified atom stereocenters. The van der Waals surface area contributed by atoms with Gasteiger partial charge in [0.1, 0.15) is 6.10 Å². The molecule has 3 nitrogen and oxygen atoms in total. The molecule has 1 rings (SSSR count). The van der Waals surface area contributed by atoms with Gasteiger partial charge in [0.05, 0.1) is 11.1 Å². The van der Waals surface area contributed by atoms with Crippen LogP contribution in [0.25, 0.3) is 0 Å². The van der Waals surface area contributed by atoms with Crippen LogP contribution in [0.5, 0.6) is 11.5 Å². The first-order valence-electron chi connectivity index (χ1n) is 6.57. The van der Waals surface area contributed by atoms with Crippen molar-refractivity contribution in [2.24, 2.45) is 0 Å². The lowest BCUT2D eigenvalue weighted by Gasteiger charge is -2.18. The van der Waals surface area contributed by atoms with Gasteiger partial charge in [0.25, 0.3) is 0 Å². The maximum atomic E-state index is 5.83. The van der Waals surface area contributed by atoms with Crippen LogP contribution in [0.2, 0.25) is 0 Å². The molecule has 0 aliphatic carbocycles. The van der Waals surface area contributed by atoms with Gasteiger partial charge in [-0.05, 0) is 54.0 Å². The number of hydrogen-bond acceptors (Lipinski definition) is 3. The van der Waals surface area contributed by atoms with E-state index in [1.165, 1.54) is 0 Å². The predicted molar refractivity (Wildman–Crippen MR) is 83.0 cm³/mol. The van der Waals surface area contributed by atoms with Gasteiger partial charge in [-0.3, -0.25) is 0 Å². The summed E-state index contributed by atoms with van der Waals surface area (Å²) in [6.07, 6.45) is 1.70. The van der Waals surface area contributed by atoms with E-state index in [-0.39, 0.29) is 6.10 Å². The minimum absolute atomic E-state index is 0.0601. The maximum Gasteiger partial charge on any atom is 0.176 e. The van der Waals surface area contributed by atoms with Crippen molar-refractivity contribution < 1.29 is 9.47 Å². The summed E-state index contributed by atoms with van der Waals surface area (Å²) in [5, 5.41) is 3.30. The van der Waals surface area contributed by atoms with Crippen LogP contribution in [0.15, 0.2) is 29.3 Å². The Balaban J connectivity index is 3.03. The van der Waals surface area contributed by atoms with Crippen LogP contribution in [0.4, 0.5) is 0 Å². The Kier molecular flexibility index (Phi) is 6.95. The van der Waals surface area contributed by atoms with Gasteiger partial charge < -0.3 is 14.8 Å². The second-order valence-electron chi connectivity index (χ2n) is 4.18. The van der Waals surface area contributed by atoms with E-state index in [4.69, 9.17) is 9.47 Å². The third-order valence-corrected chi connectivity index (χ3v) is 3.17. The highest BCUT2D eigenvalue weighted by Crippen LogP contribution is 2.37. The molecule has 1 atom stereocenters. The van der Waals surface area contributed by atoms with Gasteiger partial charge in [0.2, 0.25) is 0 Å². The third kappa shape index (κ3) is 4.88. The van der Waals surface area contributed by atoms with E-state index >= 15 is 0 Å². The van der Waals surface area contributed by atoms with Gasteiger partial charge in [0, 0.05) is 6.54 Å². The molecule has 19 heavy (non-hydrogen) atoms. The Bertz CT molecular complexity index is 421. The Hall–Kier alpha value is -1.00. The van der Waals surface area contributed by atoms with Crippen LogP contribution >= 0.6 is 15.9 Å². The van der Waals surface area contributed by atoms with Crippen molar-refractivity contribution in [1.82, 2.24) is 5.32 Å².